The molecule has 0 aliphatic heterocycles. The van der Waals surface area contributed by atoms with E-state index in [2.05, 4.69) is 10.1 Å². The average Bonchev–Trinajstić information content (AvgIpc) is 2.68. The minimum Gasteiger partial charge on any atom is -0.449 e. The third-order valence-electron chi connectivity index (χ3n) is 4.35. The molecule has 0 aliphatic rings. The molecule has 160 valence electrons. The Labute approximate surface area is 174 Å². The van der Waals surface area contributed by atoms with Gasteiger partial charge in [0.15, 0.2) is 6.10 Å². The van der Waals surface area contributed by atoms with Gasteiger partial charge in [0, 0.05) is 11.8 Å². The third-order valence-corrected chi connectivity index (χ3v) is 4.35. The van der Waals surface area contributed by atoms with E-state index in [1.165, 1.54) is 43.3 Å². The lowest BCUT2D eigenvalue weighted by Gasteiger charge is -2.18. The van der Waals surface area contributed by atoms with E-state index < -0.39 is 24.6 Å². The van der Waals surface area contributed by atoms with Crippen LogP contribution in [0.3, 0.4) is 0 Å². The Kier molecular flexibility index (Phi) is 8.09. The van der Waals surface area contributed by atoms with Gasteiger partial charge < -0.3 is 14.8 Å². The van der Waals surface area contributed by atoms with Crippen LogP contribution < -0.4 is 10.1 Å². The van der Waals surface area contributed by atoms with Crippen LogP contribution in [0, 0.1) is 6.92 Å². The molecule has 0 radical (unpaired) electrons. The van der Waals surface area contributed by atoms with Crippen LogP contribution in [0.4, 0.5) is 14.5 Å². The number of rotatable bonds is 8. The lowest BCUT2D eigenvalue weighted by atomic mass is 9.98. The number of hydrogen-bond donors (Lipinski definition) is 1. The number of esters is 1. The summed E-state index contributed by atoms with van der Waals surface area (Å²) >= 11 is 0. The SMILES string of the molecule is Cc1cccc(C(C)C)c1NC(=O)[C@H](C)OC(=O)/C=C/c1ccc(OC(F)F)cc1. The summed E-state index contributed by atoms with van der Waals surface area (Å²) < 4.78 is 33.7. The van der Waals surface area contributed by atoms with E-state index in [-0.39, 0.29) is 11.7 Å². The second-order valence-electron chi connectivity index (χ2n) is 7.04. The normalized spacial score (nSPS) is 12.3. The fourth-order valence-electron chi connectivity index (χ4n) is 2.76. The molecule has 0 bridgehead atoms. The predicted octanol–water partition coefficient (Wildman–Crippen LogP) is 5.30. The molecule has 0 fully saturated rings. The molecule has 0 unspecified atom stereocenters. The number of nitrogens with one attached hydrogen (secondary N) is 1. The number of para-hydroxylation sites is 1. The minimum atomic E-state index is -2.90. The van der Waals surface area contributed by atoms with Crippen molar-refractivity contribution < 1.29 is 27.8 Å². The lowest BCUT2D eigenvalue weighted by Crippen LogP contribution is -2.30. The molecule has 0 saturated heterocycles. The van der Waals surface area contributed by atoms with Crippen molar-refractivity contribution in [2.24, 2.45) is 0 Å². The van der Waals surface area contributed by atoms with E-state index in [0.717, 1.165) is 16.8 Å². The standard InChI is InChI=1S/C23H25F2NO4/c1-14(2)19-7-5-6-15(3)21(19)26-22(28)16(4)29-20(27)13-10-17-8-11-18(12-9-17)30-23(24)25/h5-14,16,23H,1-4H3,(H,26,28)/b13-10+/t16-/m0/s1. The molecule has 0 aromatic heterocycles. The van der Waals surface area contributed by atoms with Crippen LogP contribution in [-0.2, 0) is 14.3 Å². The van der Waals surface area contributed by atoms with Crippen molar-refractivity contribution in [1.29, 1.82) is 0 Å². The van der Waals surface area contributed by atoms with E-state index in [1.807, 2.05) is 39.0 Å². The van der Waals surface area contributed by atoms with Gasteiger partial charge in [0.25, 0.3) is 5.91 Å². The largest absolute Gasteiger partial charge is 0.449 e. The van der Waals surface area contributed by atoms with Crippen LogP contribution in [0.2, 0.25) is 0 Å². The molecule has 5 nitrogen and oxygen atoms in total. The number of hydrogen-bond acceptors (Lipinski definition) is 4. The first-order valence-corrected chi connectivity index (χ1v) is 9.51. The number of benzene rings is 2. The first-order valence-electron chi connectivity index (χ1n) is 9.51. The average molecular weight is 417 g/mol. The molecule has 0 saturated carbocycles. The van der Waals surface area contributed by atoms with Crippen LogP contribution in [-0.4, -0.2) is 24.6 Å². The van der Waals surface area contributed by atoms with Gasteiger partial charge in [-0.15, -0.1) is 0 Å². The molecule has 0 aliphatic carbocycles. The molecule has 7 heteroatoms. The van der Waals surface area contributed by atoms with E-state index in [9.17, 15) is 18.4 Å². The van der Waals surface area contributed by atoms with Gasteiger partial charge in [-0.2, -0.15) is 8.78 Å². The van der Waals surface area contributed by atoms with Crippen molar-refractivity contribution in [3.8, 4) is 5.75 Å². The highest BCUT2D eigenvalue weighted by molar-refractivity contribution is 5.97. The number of carbonyl (C=O) groups excluding carboxylic acids is 2. The first-order chi connectivity index (χ1) is 14.2. The van der Waals surface area contributed by atoms with Gasteiger partial charge in [0.05, 0.1) is 0 Å². The van der Waals surface area contributed by atoms with Gasteiger partial charge in [-0.3, -0.25) is 4.79 Å². The highest BCUT2D eigenvalue weighted by atomic mass is 19.3. The number of anilines is 1. The molecule has 1 atom stereocenters. The molecule has 1 N–H and O–H groups in total. The van der Waals surface area contributed by atoms with E-state index in [4.69, 9.17) is 4.74 Å². The summed E-state index contributed by atoms with van der Waals surface area (Å²) in [5.41, 5.74) is 3.24. The summed E-state index contributed by atoms with van der Waals surface area (Å²) in [6, 6.07) is 11.5. The van der Waals surface area contributed by atoms with Gasteiger partial charge in [0.2, 0.25) is 0 Å². The molecule has 0 heterocycles. The summed E-state index contributed by atoms with van der Waals surface area (Å²) in [6.45, 7) is 4.56. The van der Waals surface area contributed by atoms with E-state index >= 15 is 0 Å². The van der Waals surface area contributed by atoms with E-state index in [0.29, 0.717) is 5.56 Å². The number of carbonyl (C=O) groups is 2. The minimum absolute atomic E-state index is 0.0204. The second kappa shape index (κ2) is 10.5. The van der Waals surface area contributed by atoms with Crippen LogP contribution >= 0.6 is 0 Å². The van der Waals surface area contributed by atoms with Crippen LogP contribution in [0.15, 0.2) is 48.5 Å². The molecule has 1 amide bonds. The highest BCUT2D eigenvalue weighted by Crippen LogP contribution is 2.27. The zero-order valence-electron chi connectivity index (χ0n) is 17.3. The van der Waals surface area contributed by atoms with Gasteiger partial charge in [-0.25, -0.2) is 4.79 Å². The number of ether oxygens (including phenoxy) is 2. The molecule has 2 rings (SSSR count). The predicted molar refractivity (Wildman–Crippen MR) is 112 cm³/mol. The Morgan fingerprint density at radius 3 is 2.30 bits per heavy atom. The van der Waals surface area contributed by atoms with Crippen molar-refractivity contribution in [3.05, 3.63) is 65.2 Å². The number of alkyl halides is 2. The Bertz CT molecular complexity index is 908. The van der Waals surface area contributed by atoms with E-state index in [1.54, 1.807) is 0 Å². The van der Waals surface area contributed by atoms with Crippen LogP contribution in [0.1, 0.15) is 43.4 Å². The third kappa shape index (κ3) is 6.69. The fourth-order valence-corrected chi connectivity index (χ4v) is 2.76. The monoisotopic (exact) mass is 417 g/mol. The maximum absolute atomic E-state index is 12.5. The quantitative estimate of drug-likeness (QED) is 0.467. The van der Waals surface area contributed by atoms with Gasteiger partial charge in [-0.1, -0.05) is 44.2 Å². The van der Waals surface area contributed by atoms with Gasteiger partial charge >= 0.3 is 12.6 Å². The Morgan fingerprint density at radius 1 is 1.03 bits per heavy atom. The van der Waals surface area contributed by atoms with Crippen LogP contribution in [0.5, 0.6) is 5.75 Å². The van der Waals surface area contributed by atoms with Crippen LogP contribution in [0.25, 0.3) is 6.08 Å². The van der Waals surface area contributed by atoms with Gasteiger partial charge in [-0.05, 0) is 54.7 Å². The lowest BCUT2D eigenvalue weighted by molar-refractivity contribution is -0.148. The zero-order chi connectivity index (χ0) is 22.3. The molecule has 0 spiro atoms. The first kappa shape index (κ1) is 23.1. The van der Waals surface area contributed by atoms with Crippen molar-refractivity contribution >= 4 is 23.6 Å². The highest BCUT2D eigenvalue weighted by Gasteiger charge is 2.19. The topological polar surface area (TPSA) is 64.6 Å². The summed E-state index contributed by atoms with van der Waals surface area (Å²) in [4.78, 5) is 24.5. The second-order valence-corrected chi connectivity index (χ2v) is 7.04. The maximum atomic E-state index is 12.5. The van der Waals surface area contributed by atoms with Crippen molar-refractivity contribution in [2.75, 3.05) is 5.32 Å². The molecular weight excluding hydrogens is 392 g/mol. The molecule has 30 heavy (non-hydrogen) atoms. The summed E-state index contributed by atoms with van der Waals surface area (Å²) in [6.07, 6.45) is 1.63. The Hall–Kier alpha value is -3.22. The molecule has 2 aromatic rings. The Balaban J connectivity index is 1.95. The maximum Gasteiger partial charge on any atom is 0.387 e. The number of halogens is 2. The van der Waals surface area contributed by atoms with Crippen molar-refractivity contribution in [2.45, 2.75) is 46.3 Å². The summed E-state index contributed by atoms with van der Waals surface area (Å²) in [5, 5.41) is 2.85. The Morgan fingerprint density at radius 2 is 1.70 bits per heavy atom. The van der Waals surface area contributed by atoms with Crippen molar-refractivity contribution in [1.82, 2.24) is 0 Å². The van der Waals surface area contributed by atoms with Crippen molar-refractivity contribution in [3.63, 3.8) is 0 Å². The number of aryl methyl sites for hydroxylation is 1. The fraction of sp³-hybridized carbons (Fsp3) is 0.304. The molecular formula is C23H25F2NO4. The zero-order valence-corrected chi connectivity index (χ0v) is 17.3. The number of amides is 1. The summed E-state index contributed by atoms with van der Waals surface area (Å²) in [5.74, 6) is -0.883. The summed E-state index contributed by atoms with van der Waals surface area (Å²) in [7, 11) is 0. The smallest absolute Gasteiger partial charge is 0.387 e. The van der Waals surface area contributed by atoms with Gasteiger partial charge in [0.1, 0.15) is 5.75 Å². The molecule has 2 aromatic carbocycles.